The average molecular weight is 386 g/mol. The summed E-state index contributed by atoms with van der Waals surface area (Å²) < 4.78 is 158. The Kier molecular flexibility index (Phi) is 5.33. The van der Waals surface area contributed by atoms with Crippen LogP contribution in [0.1, 0.15) is 0 Å². The summed E-state index contributed by atoms with van der Waals surface area (Å²) in [5, 5.41) is 0. The van der Waals surface area contributed by atoms with E-state index in [0.29, 0.717) is 0 Å². The fourth-order valence-corrected chi connectivity index (χ4v) is 3.63. The third-order valence-corrected chi connectivity index (χ3v) is 6.75. The van der Waals surface area contributed by atoms with E-state index in [0.717, 1.165) is 0 Å². The monoisotopic (exact) mass is 386 g/mol. The first-order valence-electron chi connectivity index (χ1n) is 4.50. The van der Waals surface area contributed by atoms with E-state index in [2.05, 4.69) is 8.37 Å². The van der Waals surface area contributed by atoms with Crippen molar-refractivity contribution in [3.63, 3.8) is 0 Å². The first kappa shape index (κ1) is 21.4. The Hall–Kier alpha value is -0.610. The lowest BCUT2D eigenvalue weighted by Crippen LogP contribution is -2.62. The molecule has 0 aliphatic carbocycles. The van der Waals surface area contributed by atoms with Gasteiger partial charge < -0.3 is 0 Å². The Labute approximate surface area is 113 Å². The molecule has 138 valence electrons. The van der Waals surface area contributed by atoms with E-state index >= 15 is 0 Å². The molecule has 0 spiro atoms. The van der Waals surface area contributed by atoms with Gasteiger partial charge in [-0.3, -0.25) is 4.18 Å². The van der Waals surface area contributed by atoms with E-state index in [1.165, 1.54) is 0 Å². The van der Waals surface area contributed by atoms with Crippen LogP contribution in [0.2, 0.25) is 0 Å². The Morgan fingerprint density at radius 2 is 1.32 bits per heavy atom. The lowest BCUT2D eigenvalue weighted by atomic mass is 11.4. The fourth-order valence-electron chi connectivity index (χ4n) is 1.21. The van der Waals surface area contributed by atoms with Crippen molar-refractivity contribution < 1.29 is 65.2 Å². The lowest BCUT2D eigenvalue weighted by Gasteiger charge is -2.70. The van der Waals surface area contributed by atoms with Gasteiger partial charge in [0.1, 0.15) is 9.14 Å². The molecule has 0 amide bonds. The van der Waals surface area contributed by atoms with Gasteiger partial charge in [0.25, 0.3) is 0 Å². The highest BCUT2D eigenvalue weighted by molar-refractivity contribution is 8.55. The van der Waals surface area contributed by atoms with E-state index in [-0.39, 0.29) is 0 Å². The predicted molar refractivity (Wildman–Crippen MR) is 46.9 cm³/mol. The molecule has 0 rings (SSSR count). The average Bonchev–Trinajstić information content (AvgIpc) is 2.24. The summed E-state index contributed by atoms with van der Waals surface area (Å²) in [7, 11) is -10.1. The number of hydrogen-bond donors (Lipinski definition) is 0. The van der Waals surface area contributed by atoms with Crippen molar-refractivity contribution in [3.8, 4) is 0 Å². The molecule has 22 heavy (non-hydrogen) atoms. The van der Waals surface area contributed by atoms with Crippen LogP contribution in [0.5, 0.6) is 0 Å². The summed E-state index contributed by atoms with van der Waals surface area (Å²) in [5.41, 5.74) is -7.35. The van der Waals surface area contributed by atoms with Gasteiger partial charge in [-0.15, -0.1) is 13.2 Å². The second-order valence-corrected chi connectivity index (χ2v) is 8.14. The second-order valence-electron chi connectivity index (χ2n) is 3.45. The van der Waals surface area contributed by atoms with Crippen molar-refractivity contribution in [2.75, 3.05) is 12.9 Å². The molecule has 0 saturated heterocycles. The number of halogens is 12. The first-order chi connectivity index (χ1) is 9.58. The summed E-state index contributed by atoms with van der Waals surface area (Å²) >= 11 is 0. The van der Waals surface area contributed by atoms with Crippen molar-refractivity contribution in [2.45, 2.75) is 24.2 Å². The number of rotatable bonds is 7. The van der Waals surface area contributed by atoms with Crippen molar-refractivity contribution >= 4 is 9.14 Å². The molecule has 0 N–H and O–H groups in total. The van der Waals surface area contributed by atoms with Crippen LogP contribution in [0.3, 0.4) is 0 Å². The highest BCUT2D eigenvalue weighted by Gasteiger charge is 2.92. The third-order valence-electron chi connectivity index (χ3n) is 2.25. The van der Waals surface area contributed by atoms with Gasteiger partial charge in [-0.05, 0) is 0 Å². The van der Waals surface area contributed by atoms with Crippen LogP contribution in [0.4, 0.5) is 52.7 Å². The molecule has 16 heteroatoms. The Bertz CT molecular complexity index is 411. The molecule has 0 saturated carbocycles. The molecular weight excluding hydrogens is 380 g/mol. The molecule has 0 aromatic rings. The van der Waals surface area contributed by atoms with Crippen LogP contribution in [0.15, 0.2) is 0 Å². The Balaban J connectivity index is 7.04. The maximum Gasteiger partial charge on any atom is 0.534 e. The van der Waals surface area contributed by atoms with E-state index in [1.54, 1.807) is 0 Å². The minimum atomic E-state index is -10.1. The molecule has 0 radical (unpaired) electrons. The fraction of sp³-hybridized carbons (Fsp3) is 1.00. The zero-order valence-electron chi connectivity index (χ0n) is 9.74. The molecule has 0 unspecified atom stereocenters. The van der Waals surface area contributed by atoms with Gasteiger partial charge in [-0.2, -0.15) is 30.7 Å². The topological polar surface area (TPSA) is 27.7 Å². The maximum absolute atomic E-state index is 13.0. The largest absolute Gasteiger partial charge is 0.534 e. The quantitative estimate of drug-likeness (QED) is 0.577. The lowest BCUT2D eigenvalue weighted by molar-refractivity contribution is -0.302. The SMILES string of the molecule is FCOS(CF)(OC(F)F)(OC(F)(F)F)(C(F)F)C(F)(F)F. The van der Waals surface area contributed by atoms with Crippen LogP contribution < -0.4 is 0 Å². The summed E-state index contributed by atoms with van der Waals surface area (Å²) in [6, 6.07) is -4.09. The first-order valence-corrected chi connectivity index (χ1v) is 6.96. The van der Waals surface area contributed by atoms with Crippen molar-refractivity contribution in [3.05, 3.63) is 0 Å². The number of hydrogen-bond acceptors (Lipinski definition) is 3. The summed E-state index contributed by atoms with van der Waals surface area (Å²) in [4.78, 5) is 0. The molecule has 0 aromatic carbocycles. The zero-order chi connectivity index (χ0) is 18.1. The van der Waals surface area contributed by atoms with Gasteiger partial charge in [0.05, 0.1) is 0 Å². The van der Waals surface area contributed by atoms with Gasteiger partial charge in [0.2, 0.25) is 6.86 Å². The highest BCUT2D eigenvalue weighted by Crippen LogP contribution is 3.03. The van der Waals surface area contributed by atoms with Crippen LogP contribution in [-0.4, -0.2) is 37.1 Å². The molecule has 0 heterocycles. The van der Waals surface area contributed by atoms with Crippen LogP contribution in [0, 0.1) is 0 Å². The molecule has 0 bridgehead atoms. The molecule has 0 aliphatic heterocycles. The third kappa shape index (κ3) is 2.58. The minimum Gasteiger partial charge on any atom is -0.265 e. The van der Waals surface area contributed by atoms with E-state index in [9.17, 15) is 52.7 Å². The van der Waals surface area contributed by atoms with Crippen LogP contribution >= 0.6 is 9.14 Å². The van der Waals surface area contributed by atoms with Gasteiger partial charge in [0, 0.05) is 0 Å². The smallest absolute Gasteiger partial charge is 0.265 e. The van der Waals surface area contributed by atoms with Crippen molar-refractivity contribution in [2.24, 2.45) is 0 Å². The van der Waals surface area contributed by atoms with E-state index in [4.69, 9.17) is 0 Å². The normalized spacial score (nSPS) is 17.7. The van der Waals surface area contributed by atoms with Crippen molar-refractivity contribution in [1.29, 1.82) is 0 Å². The predicted octanol–water partition coefficient (Wildman–Crippen LogP) is 5.00. The van der Waals surface area contributed by atoms with Gasteiger partial charge >= 0.3 is 24.2 Å². The highest BCUT2D eigenvalue weighted by atomic mass is 32.4. The summed E-state index contributed by atoms with van der Waals surface area (Å²) in [6.45, 7) is -8.28. The van der Waals surface area contributed by atoms with Gasteiger partial charge in [-0.1, -0.05) is 0 Å². The molecular formula is C6H6F12O3S. The number of alkyl halides is 12. The summed E-state index contributed by atoms with van der Waals surface area (Å²) in [5.74, 6) is -5.82. The Morgan fingerprint density at radius 1 is 0.864 bits per heavy atom. The molecule has 0 atom stereocenters. The van der Waals surface area contributed by atoms with Crippen LogP contribution in [-0.2, 0) is 12.5 Å². The van der Waals surface area contributed by atoms with Gasteiger partial charge in [-0.25, -0.2) is 17.1 Å². The zero-order valence-corrected chi connectivity index (χ0v) is 10.6. The second kappa shape index (κ2) is 5.48. The summed E-state index contributed by atoms with van der Waals surface area (Å²) in [6.07, 6.45) is -6.80. The molecule has 0 aliphatic rings. The van der Waals surface area contributed by atoms with Crippen molar-refractivity contribution in [1.82, 2.24) is 0 Å². The van der Waals surface area contributed by atoms with Gasteiger partial charge in [0.15, 0.2) is 6.01 Å². The Morgan fingerprint density at radius 3 is 1.50 bits per heavy atom. The minimum absolute atomic E-state index is 2.03. The van der Waals surface area contributed by atoms with Crippen LogP contribution in [0.25, 0.3) is 0 Å². The van der Waals surface area contributed by atoms with E-state index in [1.807, 2.05) is 4.18 Å². The molecule has 3 nitrogen and oxygen atoms in total. The van der Waals surface area contributed by atoms with E-state index < -0.39 is 46.2 Å². The maximum atomic E-state index is 13.0. The molecule has 0 fully saturated rings. The molecule has 0 aromatic heterocycles. The standard InChI is InChI=1S/C6H6F12O3S/c7-1-19-22(2-8,4(11)12,6(16,17)18,20-3(9)10)21-5(13,14)15/h3-4H,1-2H2.